The molecule has 2 aromatic heterocycles. The number of aromatic nitrogens is 5. The first-order chi connectivity index (χ1) is 13.5. The highest BCUT2D eigenvalue weighted by molar-refractivity contribution is 7.10. The number of benzene rings is 2. The largest absolute Gasteiger partial charge is 0.297 e. The molecule has 0 spiro atoms. The molecular weight excluding hydrogens is 396 g/mol. The molecule has 0 radical (unpaired) electrons. The van der Waals surface area contributed by atoms with Gasteiger partial charge in [-0.1, -0.05) is 35.0 Å². The Bertz CT molecular complexity index is 1150. The zero-order valence-corrected chi connectivity index (χ0v) is 16.6. The highest BCUT2D eigenvalue weighted by Crippen LogP contribution is 2.25. The summed E-state index contributed by atoms with van der Waals surface area (Å²) < 4.78 is 6.08. The van der Waals surface area contributed by atoms with Crippen molar-refractivity contribution in [3.05, 3.63) is 70.4 Å². The van der Waals surface area contributed by atoms with Crippen molar-refractivity contribution in [3.63, 3.8) is 0 Å². The summed E-state index contributed by atoms with van der Waals surface area (Å²) in [7, 11) is 0. The summed E-state index contributed by atoms with van der Waals surface area (Å²) in [6.07, 6.45) is 0. The zero-order chi connectivity index (χ0) is 19.7. The first-order valence-electron chi connectivity index (χ1n) is 8.42. The van der Waals surface area contributed by atoms with Crippen LogP contribution < -0.4 is 5.32 Å². The molecule has 0 aliphatic rings. The molecular formula is C19H15ClN6OS. The van der Waals surface area contributed by atoms with E-state index in [4.69, 9.17) is 11.6 Å². The third-order valence-corrected chi connectivity index (χ3v) is 5.09. The van der Waals surface area contributed by atoms with E-state index in [1.807, 2.05) is 38.1 Å². The van der Waals surface area contributed by atoms with Crippen LogP contribution in [0.4, 0.5) is 5.13 Å². The van der Waals surface area contributed by atoms with Crippen molar-refractivity contribution in [1.82, 2.24) is 24.4 Å². The number of carbonyl (C=O) groups is 1. The van der Waals surface area contributed by atoms with Crippen LogP contribution in [0, 0.1) is 13.8 Å². The normalized spacial score (nSPS) is 10.8. The summed E-state index contributed by atoms with van der Waals surface area (Å²) in [5.74, 6) is 0.147. The predicted octanol–water partition coefficient (Wildman–Crippen LogP) is 4.31. The van der Waals surface area contributed by atoms with Gasteiger partial charge in [0.05, 0.1) is 11.4 Å². The highest BCUT2D eigenvalue weighted by atomic mass is 35.5. The summed E-state index contributed by atoms with van der Waals surface area (Å²) in [5, 5.41) is 12.2. The van der Waals surface area contributed by atoms with Crippen LogP contribution >= 0.6 is 23.1 Å². The quantitative estimate of drug-likeness (QED) is 0.541. The van der Waals surface area contributed by atoms with Crippen molar-refractivity contribution in [1.29, 1.82) is 0 Å². The Labute approximate surface area is 170 Å². The lowest BCUT2D eigenvalue weighted by Gasteiger charge is -2.06. The lowest BCUT2D eigenvalue weighted by molar-refractivity contribution is 0.102. The highest BCUT2D eigenvalue weighted by Gasteiger charge is 2.18. The molecule has 1 amide bonds. The van der Waals surface area contributed by atoms with Gasteiger partial charge in [0, 0.05) is 22.1 Å². The standard InChI is InChI=1S/C19H15ClN6OS/c1-11-5-3-4-6-15(11)26-12(2)16(23-25-26)17-21-19(28-24-17)22-18(27)13-7-9-14(20)10-8-13/h3-10H,1-2H3,(H,21,22,24,27). The second-order valence-electron chi connectivity index (χ2n) is 6.11. The molecule has 2 aromatic carbocycles. The van der Waals surface area contributed by atoms with Gasteiger partial charge >= 0.3 is 0 Å². The van der Waals surface area contributed by atoms with Crippen LogP contribution in [-0.2, 0) is 0 Å². The third-order valence-electron chi connectivity index (χ3n) is 4.20. The van der Waals surface area contributed by atoms with Gasteiger partial charge in [0.1, 0.15) is 0 Å². The van der Waals surface area contributed by atoms with Crippen molar-refractivity contribution >= 4 is 34.2 Å². The third kappa shape index (κ3) is 3.51. The molecule has 28 heavy (non-hydrogen) atoms. The monoisotopic (exact) mass is 410 g/mol. The van der Waals surface area contributed by atoms with Gasteiger partial charge in [-0.3, -0.25) is 10.1 Å². The van der Waals surface area contributed by atoms with Gasteiger partial charge in [-0.15, -0.1) is 5.10 Å². The van der Waals surface area contributed by atoms with E-state index in [9.17, 15) is 4.79 Å². The number of hydrogen-bond acceptors (Lipinski definition) is 6. The molecule has 9 heteroatoms. The first-order valence-corrected chi connectivity index (χ1v) is 9.57. The molecule has 4 aromatic rings. The van der Waals surface area contributed by atoms with Crippen LogP contribution in [-0.4, -0.2) is 30.3 Å². The van der Waals surface area contributed by atoms with E-state index in [1.54, 1.807) is 28.9 Å². The topological polar surface area (TPSA) is 85.6 Å². The maximum atomic E-state index is 12.3. The molecule has 0 atom stereocenters. The molecule has 0 aliphatic heterocycles. The molecule has 7 nitrogen and oxygen atoms in total. The van der Waals surface area contributed by atoms with E-state index in [-0.39, 0.29) is 5.91 Å². The SMILES string of the molecule is Cc1ccccc1-n1nnc(-c2nsc(NC(=O)c3ccc(Cl)cc3)n2)c1C. The summed E-state index contributed by atoms with van der Waals surface area (Å²) >= 11 is 6.94. The second-order valence-corrected chi connectivity index (χ2v) is 7.29. The molecule has 0 unspecified atom stereocenters. The van der Waals surface area contributed by atoms with E-state index in [0.717, 1.165) is 28.5 Å². The van der Waals surface area contributed by atoms with Crippen LogP contribution in [0.25, 0.3) is 17.2 Å². The molecule has 0 aliphatic carbocycles. The number of nitrogens with one attached hydrogen (secondary N) is 1. The van der Waals surface area contributed by atoms with Crippen LogP contribution in [0.3, 0.4) is 0 Å². The van der Waals surface area contributed by atoms with E-state index in [2.05, 4.69) is 25.0 Å². The van der Waals surface area contributed by atoms with Gasteiger partial charge < -0.3 is 0 Å². The predicted molar refractivity (Wildman–Crippen MR) is 109 cm³/mol. The minimum atomic E-state index is -0.278. The number of aryl methyl sites for hydroxylation is 1. The van der Waals surface area contributed by atoms with Gasteiger partial charge in [-0.05, 0) is 49.7 Å². The summed E-state index contributed by atoms with van der Waals surface area (Å²) in [6.45, 7) is 3.93. The molecule has 140 valence electrons. The second kappa shape index (κ2) is 7.49. The van der Waals surface area contributed by atoms with E-state index >= 15 is 0 Å². The van der Waals surface area contributed by atoms with Crippen LogP contribution in [0.5, 0.6) is 0 Å². The Morgan fingerprint density at radius 1 is 1.11 bits per heavy atom. The number of amides is 1. The minimum Gasteiger partial charge on any atom is -0.297 e. The molecule has 0 saturated heterocycles. The van der Waals surface area contributed by atoms with Crippen molar-refractivity contribution in [2.24, 2.45) is 0 Å². The Hall–Kier alpha value is -3.10. The van der Waals surface area contributed by atoms with Gasteiger partial charge in [0.15, 0.2) is 11.5 Å². The molecule has 0 saturated carbocycles. The molecule has 0 fully saturated rings. The summed E-state index contributed by atoms with van der Waals surface area (Å²) in [4.78, 5) is 16.7. The number of halogens is 1. The fourth-order valence-electron chi connectivity index (χ4n) is 2.71. The Morgan fingerprint density at radius 3 is 2.61 bits per heavy atom. The number of rotatable bonds is 4. The van der Waals surface area contributed by atoms with Crippen molar-refractivity contribution in [2.75, 3.05) is 5.32 Å². The van der Waals surface area contributed by atoms with Gasteiger partial charge in [-0.2, -0.15) is 9.36 Å². The fourth-order valence-corrected chi connectivity index (χ4v) is 3.40. The smallest absolute Gasteiger partial charge is 0.257 e. The Balaban J connectivity index is 1.57. The Kier molecular flexibility index (Phi) is 4.89. The van der Waals surface area contributed by atoms with Crippen LogP contribution in [0.2, 0.25) is 5.02 Å². The van der Waals surface area contributed by atoms with Crippen LogP contribution in [0.15, 0.2) is 48.5 Å². The number of nitrogens with zero attached hydrogens (tertiary/aromatic N) is 5. The maximum absolute atomic E-state index is 12.3. The first kappa shape index (κ1) is 18.3. The maximum Gasteiger partial charge on any atom is 0.257 e. The number of anilines is 1. The zero-order valence-electron chi connectivity index (χ0n) is 15.0. The fraction of sp³-hybridized carbons (Fsp3) is 0.105. The van der Waals surface area contributed by atoms with Gasteiger partial charge in [0.2, 0.25) is 5.13 Å². The van der Waals surface area contributed by atoms with Crippen molar-refractivity contribution in [2.45, 2.75) is 13.8 Å². The lowest BCUT2D eigenvalue weighted by atomic mass is 10.2. The average Bonchev–Trinajstić information content (AvgIpc) is 3.29. The Morgan fingerprint density at radius 2 is 1.86 bits per heavy atom. The van der Waals surface area contributed by atoms with E-state index in [0.29, 0.717) is 27.2 Å². The number of hydrogen-bond donors (Lipinski definition) is 1. The number of carbonyl (C=O) groups excluding carboxylic acids is 1. The summed E-state index contributed by atoms with van der Waals surface area (Å²) in [5.41, 5.74) is 3.92. The average molecular weight is 411 g/mol. The van der Waals surface area contributed by atoms with Gasteiger partial charge in [-0.25, -0.2) is 4.68 Å². The van der Waals surface area contributed by atoms with E-state index < -0.39 is 0 Å². The van der Waals surface area contributed by atoms with E-state index in [1.165, 1.54) is 0 Å². The molecule has 2 heterocycles. The summed E-state index contributed by atoms with van der Waals surface area (Å²) in [6, 6.07) is 14.5. The van der Waals surface area contributed by atoms with Crippen molar-refractivity contribution in [3.8, 4) is 17.2 Å². The molecule has 1 N–H and O–H groups in total. The lowest BCUT2D eigenvalue weighted by Crippen LogP contribution is -2.11. The van der Waals surface area contributed by atoms with Crippen LogP contribution in [0.1, 0.15) is 21.6 Å². The number of para-hydroxylation sites is 1. The minimum absolute atomic E-state index is 0.278. The molecule has 0 bridgehead atoms. The molecule has 4 rings (SSSR count). The van der Waals surface area contributed by atoms with Crippen molar-refractivity contribution < 1.29 is 4.79 Å². The van der Waals surface area contributed by atoms with Gasteiger partial charge in [0.25, 0.3) is 5.91 Å².